The van der Waals surface area contributed by atoms with Crippen LogP contribution in [0.5, 0.6) is 0 Å². The fourth-order valence-electron chi connectivity index (χ4n) is 1.17. The summed E-state index contributed by atoms with van der Waals surface area (Å²) in [6.07, 6.45) is 0. The van der Waals surface area contributed by atoms with Crippen LogP contribution in [0, 0.1) is 13.8 Å². The number of primary amides is 1. The monoisotopic (exact) mass is 178 g/mol. The zero-order chi connectivity index (χ0) is 9.84. The third kappa shape index (κ3) is 2.78. The maximum Gasteiger partial charge on any atom is 0.312 e. The predicted octanol–water partition coefficient (Wildman–Crippen LogP) is 1.47. The molecule has 0 aliphatic rings. The van der Waals surface area contributed by atoms with Crippen LogP contribution in [0.2, 0.25) is 0 Å². The molecular weight excluding hydrogens is 164 g/mol. The van der Waals surface area contributed by atoms with Crippen molar-refractivity contribution in [2.45, 2.75) is 20.4 Å². The van der Waals surface area contributed by atoms with E-state index < -0.39 is 6.03 Å². The van der Waals surface area contributed by atoms with E-state index in [0.717, 1.165) is 5.56 Å². The first-order valence-electron chi connectivity index (χ1n) is 4.19. The van der Waals surface area contributed by atoms with Crippen molar-refractivity contribution in [2.75, 3.05) is 0 Å². The molecule has 0 saturated carbocycles. The molecule has 3 N–H and O–H groups in total. The maximum atomic E-state index is 10.5. The molecule has 0 saturated heterocycles. The lowest BCUT2D eigenvalue weighted by molar-refractivity contribution is 0.248. The molecule has 3 nitrogen and oxygen atoms in total. The van der Waals surface area contributed by atoms with E-state index in [4.69, 9.17) is 5.73 Å². The van der Waals surface area contributed by atoms with Crippen LogP contribution in [-0.4, -0.2) is 6.03 Å². The molecule has 0 spiro atoms. The van der Waals surface area contributed by atoms with Crippen LogP contribution in [-0.2, 0) is 6.54 Å². The molecule has 0 fully saturated rings. The number of aryl methyl sites for hydroxylation is 2. The molecule has 0 aliphatic carbocycles. The van der Waals surface area contributed by atoms with E-state index in [1.807, 2.05) is 32.0 Å². The Morgan fingerprint density at radius 2 is 2.15 bits per heavy atom. The van der Waals surface area contributed by atoms with Crippen molar-refractivity contribution in [3.8, 4) is 0 Å². The van der Waals surface area contributed by atoms with Gasteiger partial charge in [0.1, 0.15) is 0 Å². The number of nitrogens with two attached hydrogens (primary N) is 1. The lowest BCUT2D eigenvalue weighted by Crippen LogP contribution is -2.28. The highest BCUT2D eigenvalue weighted by Crippen LogP contribution is 2.09. The van der Waals surface area contributed by atoms with Crippen LogP contribution >= 0.6 is 0 Å². The number of hydrogen-bond donors (Lipinski definition) is 2. The number of benzene rings is 1. The van der Waals surface area contributed by atoms with Gasteiger partial charge in [-0.2, -0.15) is 0 Å². The fourth-order valence-corrected chi connectivity index (χ4v) is 1.17. The molecule has 0 radical (unpaired) electrons. The fraction of sp³-hybridized carbons (Fsp3) is 0.300. The minimum atomic E-state index is -0.485. The van der Waals surface area contributed by atoms with Gasteiger partial charge in [0.25, 0.3) is 0 Å². The summed E-state index contributed by atoms with van der Waals surface area (Å²) in [4.78, 5) is 10.5. The highest BCUT2D eigenvalue weighted by atomic mass is 16.2. The molecule has 3 heteroatoms. The Morgan fingerprint density at radius 3 is 2.77 bits per heavy atom. The van der Waals surface area contributed by atoms with Gasteiger partial charge in [-0.25, -0.2) is 4.79 Å². The van der Waals surface area contributed by atoms with Crippen LogP contribution in [0.4, 0.5) is 4.79 Å². The van der Waals surface area contributed by atoms with E-state index >= 15 is 0 Å². The van der Waals surface area contributed by atoms with Crippen molar-refractivity contribution in [2.24, 2.45) is 5.73 Å². The number of amides is 2. The van der Waals surface area contributed by atoms with E-state index in [9.17, 15) is 4.79 Å². The van der Waals surface area contributed by atoms with Crippen molar-refractivity contribution >= 4 is 6.03 Å². The van der Waals surface area contributed by atoms with Gasteiger partial charge in [-0.1, -0.05) is 23.8 Å². The third-order valence-electron chi connectivity index (χ3n) is 1.96. The topological polar surface area (TPSA) is 55.1 Å². The van der Waals surface area contributed by atoms with Crippen LogP contribution in [0.3, 0.4) is 0 Å². The smallest absolute Gasteiger partial charge is 0.312 e. The van der Waals surface area contributed by atoms with Gasteiger partial charge in [-0.3, -0.25) is 0 Å². The summed E-state index contributed by atoms with van der Waals surface area (Å²) < 4.78 is 0. The number of rotatable bonds is 2. The molecule has 0 aromatic heterocycles. The van der Waals surface area contributed by atoms with E-state index in [2.05, 4.69) is 5.32 Å². The minimum absolute atomic E-state index is 0.485. The molecule has 2 amide bonds. The molecule has 1 aromatic rings. The van der Waals surface area contributed by atoms with Crippen LogP contribution < -0.4 is 11.1 Å². The zero-order valence-electron chi connectivity index (χ0n) is 7.92. The SMILES string of the molecule is Cc1ccc(C)c(CNC(N)=O)c1. The molecule has 0 atom stereocenters. The second-order valence-electron chi connectivity index (χ2n) is 3.15. The van der Waals surface area contributed by atoms with Gasteiger partial charge in [0.05, 0.1) is 0 Å². The Hall–Kier alpha value is -1.51. The van der Waals surface area contributed by atoms with Crippen molar-refractivity contribution in [3.63, 3.8) is 0 Å². The Morgan fingerprint density at radius 1 is 1.46 bits per heavy atom. The molecule has 13 heavy (non-hydrogen) atoms. The highest BCUT2D eigenvalue weighted by molar-refractivity contribution is 5.71. The molecule has 0 bridgehead atoms. The van der Waals surface area contributed by atoms with Crippen LogP contribution in [0.15, 0.2) is 18.2 Å². The number of urea groups is 1. The van der Waals surface area contributed by atoms with Crippen LogP contribution in [0.1, 0.15) is 16.7 Å². The summed E-state index contributed by atoms with van der Waals surface area (Å²) >= 11 is 0. The normalized spacial score (nSPS) is 9.69. The first-order valence-corrected chi connectivity index (χ1v) is 4.19. The largest absolute Gasteiger partial charge is 0.352 e. The zero-order valence-corrected chi connectivity index (χ0v) is 7.92. The predicted molar refractivity (Wildman–Crippen MR) is 52.3 cm³/mol. The van der Waals surface area contributed by atoms with Gasteiger partial charge in [0, 0.05) is 6.54 Å². The van der Waals surface area contributed by atoms with Gasteiger partial charge < -0.3 is 11.1 Å². The molecule has 1 rings (SSSR count). The molecule has 70 valence electrons. The van der Waals surface area contributed by atoms with E-state index in [1.165, 1.54) is 11.1 Å². The number of nitrogens with one attached hydrogen (secondary N) is 1. The van der Waals surface area contributed by atoms with Gasteiger partial charge in [0.15, 0.2) is 0 Å². The maximum absolute atomic E-state index is 10.5. The van der Waals surface area contributed by atoms with E-state index in [0.29, 0.717) is 6.54 Å². The number of carbonyl (C=O) groups is 1. The summed E-state index contributed by atoms with van der Waals surface area (Å²) in [6, 6.07) is 5.64. The minimum Gasteiger partial charge on any atom is -0.352 e. The lowest BCUT2D eigenvalue weighted by atomic mass is 10.1. The summed E-state index contributed by atoms with van der Waals surface area (Å²) in [5.74, 6) is 0. The second kappa shape index (κ2) is 3.94. The Kier molecular flexibility index (Phi) is 2.90. The average Bonchev–Trinajstić information content (AvgIpc) is 2.06. The van der Waals surface area contributed by atoms with Gasteiger partial charge in [-0.15, -0.1) is 0 Å². The van der Waals surface area contributed by atoms with Gasteiger partial charge in [-0.05, 0) is 25.0 Å². The summed E-state index contributed by atoms with van der Waals surface area (Å²) in [5.41, 5.74) is 8.44. The van der Waals surface area contributed by atoms with Gasteiger partial charge in [0.2, 0.25) is 0 Å². The standard InChI is InChI=1S/C10H14N2O/c1-7-3-4-8(2)9(5-7)6-12-10(11)13/h3-5H,6H2,1-2H3,(H3,11,12,13). The Bertz CT molecular complexity index is 321. The molecule has 1 aromatic carbocycles. The van der Waals surface area contributed by atoms with Gasteiger partial charge >= 0.3 is 6.03 Å². The average molecular weight is 178 g/mol. The quantitative estimate of drug-likeness (QED) is 0.708. The Labute approximate surface area is 77.9 Å². The van der Waals surface area contributed by atoms with Crippen molar-refractivity contribution < 1.29 is 4.79 Å². The van der Waals surface area contributed by atoms with Crippen molar-refractivity contribution in [3.05, 3.63) is 34.9 Å². The summed E-state index contributed by atoms with van der Waals surface area (Å²) in [5, 5.41) is 2.57. The Balaban J connectivity index is 2.75. The van der Waals surface area contributed by atoms with Crippen molar-refractivity contribution in [1.29, 1.82) is 0 Å². The summed E-state index contributed by atoms with van der Waals surface area (Å²) in [7, 11) is 0. The molecule has 0 heterocycles. The molecular formula is C10H14N2O. The number of carbonyl (C=O) groups excluding carboxylic acids is 1. The van der Waals surface area contributed by atoms with Crippen molar-refractivity contribution in [1.82, 2.24) is 5.32 Å². The number of hydrogen-bond acceptors (Lipinski definition) is 1. The van der Waals surface area contributed by atoms with Crippen LogP contribution in [0.25, 0.3) is 0 Å². The lowest BCUT2D eigenvalue weighted by Gasteiger charge is -2.06. The highest BCUT2D eigenvalue weighted by Gasteiger charge is 1.99. The molecule has 0 unspecified atom stereocenters. The van der Waals surface area contributed by atoms with E-state index in [-0.39, 0.29) is 0 Å². The summed E-state index contributed by atoms with van der Waals surface area (Å²) in [6.45, 7) is 4.54. The second-order valence-corrected chi connectivity index (χ2v) is 3.15. The first kappa shape index (κ1) is 9.58. The first-order chi connectivity index (χ1) is 6.09. The molecule has 0 aliphatic heterocycles. The third-order valence-corrected chi connectivity index (χ3v) is 1.96. The van der Waals surface area contributed by atoms with E-state index in [1.54, 1.807) is 0 Å².